The maximum atomic E-state index is 10.0. The van der Waals surface area contributed by atoms with Crippen molar-refractivity contribution < 1.29 is 28.5 Å². The van der Waals surface area contributed by atoms with Crippen molar-refractivity contribution in [1.82, 2.24) is 0 Å². The van der Waals surface area contributed by atoms with Crippen LogP contribution in [0.3, 0.4) is 0 Å². The maximum absolute atomic E-state index is 10.0. The van der Waals surface area contributed by atoms with Crippen molar-refractivity contribution >= 4 is 12.3 Å². The lowest BCUT2D eigenvalue weighted by molar-refractivity contribution is 0.121. The van der Waals surface area contributed by atoms with Crippen molar-refractivity contribution in [3.05, 3.63) is 0 Å². The zero-order valence-corrected chi connectivity index (χ0v) is 7.15. The molecule has 0 saturated carbocycles. The molecule has 0 aromatic rings. The molecule has 2 aliphatic rings. The Hall–Kier alpha value is -1.46. The van der Waals surface area contributed by atoms with Gasteiger partial charge in [-0.2, -0.15) is 0 Å². The topological polar surface area (TPSA) is 71.1 Å². The number of hydrogen-bond acceptors (Lipinski definition) is 6. The smallest absolute Gasteiger partial charge is 0.431 e. The fraction of sp³-hybridized carbons (Fsp3) is 0.714. The van der Waals surface area contributed by atoms with Gasteiger partial charge in [0.25, 0.3) is 0 Å². The van der Waals surface area contributed by atoms with Crippen LogP contribution in [-0.4, -0.2) is 38.2 Å². The Morgan fingerprint density at radius 2 is 1.69 bits per heavy atom. The van der Waals surface area contributed by atoms with Crippen molar-refractivity contribution in [3.8, 4) is 0 Å². The first kappa shape index (κ1) is 9.63. The van der Waals surface area contributed by atoms with Crippen molar-refractivity contribution in [3.63, 3.8) is 0 Å². The van der Waals surface area contributed by atoms with Crippen molar-refractivity contribution in [2.45, 2.75) is 13.0 Å². The molecule has 2 fully saturated rings. The van der Waals surface area contributed by atoms with E-state index in [0.29, 0.717) is 19.8 Å². The summed E-state index contributed by atoms with van der Waals surface area (Å²) >= 11 is 0. The zero-order valence-electron chi connectivity index (χ0n) is 7.15. The van der Waals surface area contributed by atoms with Gasteiger partial charge in [0.05, 0.1) is 0 Å². The van der Waals surface area contributed by atoms with Gasteiger partial charge in [-0.1, -0.05) is 0 Å². The lowest BCUT2D eigenvalue weighted by atomic mass is 10.5. The fourth-order valence-electron chi connectivity index (χ4n) is 0.709. The zero-order chi connectivity index (χ0) is 9.68. The number of hydrogen-bond donors (Lipinski definition) is 0. The molecule has 0 aliphatic carbocycles. The van der Waals surface area contributed by atoms with E-state index < -0.39 is 12.3 Å². The van der Waals surface area contributed by atoms with Gasteiger partial charge in [-0.15, -0.1) is 0 Å². The van der Waals surface area contributed by atoms with Gasteiger partial charge in [0.15, 0.2) is 0 Å². The van der Waals surface area contributed by atoms with Gasteiger partial charge in [-0.3, -0.25) is 0 Å². The molecule has 2 aliphatic heterocycles. The first-order valence-corrected chi connectivity index (χ1v) is 3.81. The molecular weight excluding hydrogens is 180 g/mol. The van der Waals surface area contributed by atoms with Gasteiger partial charge in [0, 0.05) is 0 Å². The minimum Gasteiger partial charge on any atom is -0.431 e. The second kappa shape index (κ2) is 4.54. The summed E-state index contributed by atoms with van der Waals surface area (Å²) < 4.78 is 17.5. The number of rotatable bonds is 0. The third kappa shape index (κ3) is 3.64. The largest absolute Gasteiger partial charge is 0.508 e. The molecule has 0 aromatic carbocycles. The summed E-state index contributed by atoms with van der Waals surface area (Å²) in [5, 5.41) is 0. The molecule has 6 nitrogen and oxygen atoms in total. The molecule has 2 rings (SSSR count). The Labute approximate surface area is 74.7 Å². The minimum absolute atomic E-state index is 0.0486. The van der Waals surface area contributed by atoms with Crippen LogP contribution in [0.2, 0.25) is 0 Å². The van der Waals surface area contributed by atoms with E-state index >= 15 is 0 Å². The Kier molecular flexibility index (Phi) is 3.36. The molecule has 74 valence electrons. The lowest BCUT2D eigenvalue weighted by Crippen LogP contribution is -2.01. The summed E-state index contributed by atoms with van der Waals surface area (Å²) in [6.07, 6.45) is -1.14. The third-order valence-electron chi connectivity index (χ3n) is 1.26. The maximum Gasteiger partial charge on any atom is 0.508 e. The van der Waals surface area contributed by atoms with Crippen LogP contribution in [0.4, 0.5) is 9.59 Å². The fourth-order valence-corrected chi connectivity index (χ4v) is 0.709. The van der Waals surface area contributed by atoms with E-state index in [2.05, 4.69) is 18.9 Å². The molecular formula is C7H10O6. The van der Waals surface area contributed by atoms with Crippen molar-refractivity contribution in [2.24, 2.45) is 0 Å². The molecule has 2 saturated heterocycles. The monoisotopic (exact) mass is 190 g/mol. The number of ether oxygens (including phenoxy) is 4. The molecule has 0 N–H and O–H groups in total. The second-order valence-corrected chi connectivity index (χ2v) is 2.44. The average molecular weight is 190 g/mol. The molecule has 0 bridgehead atoms. The van der Waals surface area contributed by atoms with E-state index in [-0.39, 0.29) is 6.10 Å². The standard InChI is InChI=1S/C4H6O3.C3H4O3/c1-3-2-6-4(5)7-3;4-3-5-1-2-6-3/h3H,2H2,1H3;1-2H2. The molecule has 1 atom stereocenters. The van der Waals surface area contributed by atoms with Crippen LogP contribution in [0.1, 0.15) is 6.92 Å². The number of cyclic esters (lactones) is 4. The first-order valence-electron chi connectivity index (χ1n) is 3.81. The molecule has 0 aromatic heterocycles. The quantitative estimate of drug-likeness (QED) is 0.523. The van der Waals surface area contributed by atoms with E-state index in [9.17, 15) is 9.59 Å². The summed E-state index contributed by atoms with van der Waals surface area (Å²) in [4.78, 5) is 19.8. The Morgan fingerprint density at radius 1 is 1.08 bits per heavy atom. The highest BCUT2D eigenvalue weighted by Gasteiger charge is 2.19. The van der Waals surface area contributed by atoms with Crippen molar-refractivity contribution in [1.29, 1.82) is 0 Å². The van der Waals surface area contributed by atoms with Crippen LogP contribution in [0, 0.1) is 0 Å². The normalized spacial score (nSPS) is 24.8. The van der Waals surface area contributed by atoms with Gasteiger partial charge in [-0.25, -0.2) is 9.59 Å². The lowest BCUT2D eigenvalue weighted by Gasteiger charge is -1.90. The molecule has 1 unspecified atom stereocenters. The third-order valence-corrected chi connectivity index (χ3v) is 1.26. The van der Waals surface area contributed by atoms with Crippen molar-refractivity contribution in [2.75, 3.05) is 19.8 Å². The van der Waals surface area contributed by atoms with E-state index in [4.69, 9.17) is 0 Å². The number of carbonyl (C=O) groups excluding carboxylic acids is 2. The van der Waals surface area contributed by atoms with E-state index in [1.54, 1.807) is 6.92 Å². The predicted molar refractivity (Wildman–Crippen MR) is 39.2 cm³/mol. The highest BCUT2D eigenvalue weighted by atomic mass is 16.8. The molecule has 13 heavy (non-hydrogen) atoms. The molecule has 0 spiro atoms. The van der Waals surface area contributed by atoms with Gasteiger partial charge < -0.3 is 18.9 Å². The summed E-state index contributed by atoms with van der Waals surface area (Å²) in [5.74, 6) is 0. The summed E-state index contributed by atoms with van der Waals surface area (Å²) in [6, 6.07) is 0. The Bertz CT molecular complexity index is 193. The highest BCUT2D eigenvalue weighted by Crippen LogP contribution is 2.02. The van der Waals surface area contributed by atoms with Crippen LogP contribution >= 0.6 is 0 Å². The summed E-state index contributed by atoms with van der Waals surface area (Å²) in [5.41, 5.74) is 0. The summed E-state index contributed by atoms with van der Waals surface area (Å²) in [6.45, 7) is 3.02. The molecule has 0 amide bonds. The van der Waals surface area contributed by atoms with E-state index in [1.165, 1.54) is 0 Å². The van der Waals surface area contributed by atoms with Gasteiger partial charge >= 0.3 is 12.3 Å². The molecule has 6 heteroatoms. The van der Waals surface area contributed by atoms with Crippen LogP contribution in [0.15, 0.2) is 0 Å². The van der Waals surface area contributed by atoms with Gasteiger partial charge in [-0.05, 0) is 6.92 Å². The highest BCUT2D eigenvalue weighted by molar-refractivity contribution is 5.61. The number of carbonyl (C=O) groups is 2. The van der Waals surface area contributed by atoms with Crippen LogP contribution in [-0.2, 0) is 18.9 Å². The summed E-state index contributed by atoms with van der Waals surface area (Å²) in [7, 11) is 0. The molecule has 2 heterocycles. The van der Waals surface area contributed by atoms with Gasteiger partial charge in [0.1, 0.15) is 25.9 Å². The van der Waals surface area contributed by atoms with Crippen LogP contribution < -0.4 is 0 Å². The Morgan fingerprint density at radius 3 is 1.85 bits per heavy atom. The average Bonchev–Trinajstić information content (AvgIpc) is 2.64. The second-order valence-electron chi connectivity index (χ2n) is 2.44. The van der Waals surface area contributed by atoms with E-state index in [1.807, 2.05) is 0 Å². The Balaban J connectivity index is 0.000000132. The predicted octanol–water partition coefficient (Wildman–Crippen LogP) is 0.695. The van der Waals surface area contributed by atoms with Crippen LogP contribution in [0.5, 0.6) is 0 Å². The van der Waals surface area contributed by atoms with Crippen LogP contribution in [0.25, 0.3) is 0 Å². The minimum atomic E-state index is -0.549. The molecule has 0 radical (unpaired) electrons. The van der Waals surface area contributed by atoms with Gasteiger partial charge in [0.2, 0.25) is 0 Å². The SMILES string of the molecule is CC1COC(=O)O1.O=C1OCCO1. The van der Waals surface area contributed by atoms with E-state index in [0.717, 1.165) is 0 Å². The first-order chi connectivity index (χ1) is 6.18.